The van der Waals surface area contributed by atoms with Gasteiger partial charge in [-0.05, 0) is 44.5 Å². The number of benzene rings is 1. The van der Waals surface area contributed by atoms with Gasteiger partial charge in [-0.1, -0.05) is 6.07 Å². The third-order valence-electron chi connectivity index (χ3n) is 4.48. The molecule has 0 bridgehead atoms. The quantitative estimate of drug-likeness (QED) is 0.792. The molecule has 1 saturated heterocycles. The van der Waals surface area contributed by atoms with Gasteiger partial charge in [-0.3, -0.25) is 0 Å². The second kappa shape index (κ2) is 5.72. The lowest BCUT2D eigenvalue weighted by Gasteiger charge is -2.41. The molecule has 4 heteroatoms. The standard InChI is InChI=1S/C16H24N2O2/c1-10(19)11-4-6-15-14(7-11)16-12(8-18-15)3-5-13(20-16)9-17-2/h4,6-7,10,12-13,16-19H,3,5,8-9H2,1-2H3. The van der Waals surface area contributed by atoms with Crippen molar-refractivity contribution in [1.29, 1.82) is 0 Å². The number of anilines is 1. The Hall–Kier alpha value is -1.10. The smallest absolute Gasteiger partial charge is 0.0894 e. The van der Waals surface area contributed by atoms with E-state index in [0.29, 0.717) is 12.0 Å². The van der Waals surface area contributed by atoms with Gasteiger partial charge in [0.2, 0.25) is 0 Å². The Morgan fingerprint density at radius 1 is 1.45 bits per heavy atom. The van der Waals surface area contributed by atoms with Crippen LogP contribution in [-0.4, -0.2) is 31.3 Å². The first-order chi connectivity index (χ1) is 9.69. The van der Waals surface area contributed by atoms with Gasteiger partial charge in [-0.15, -0.1) is 0 Å². The first-order valence-corrected chi connectivity index (χ1v) is 7.55. The Bertz CT molecular complexity index is 476. The zero-order valence-corrected chi connectivity index (χ0v) is 12.2. The van der Waals surface area contributed by atoms with Crippen molar-refractivity contribution in [3.63, 3.8) is 0 Å². The minimum absolute atomic E-state index is 0.164. The number of fused-ring (bicyclic) bond motifs is 3. The van der Waals surface area contributed by atoms with Crippen LogP contribution < -0.4 is 10.6 Å². The lowest BCUT2D eigenvalue weighted by atomic mass is 9.83. The van der Waals surface area contributed by atoms with Gasteiger partial charge in [0.05, 0.1) is 18.3 Å². The van der Waals surface area contributed by atoms with Crippen LogP contribution in [0.1, 0.15) is 43.1 Å². The van der Waals surface area contributed by atoms with E-state index < -0.39 is 6.10 Å². The molecule has 1 aromatic carbocycles. The van der Waals surface area contributed by atoms with Crippen molar-refractivity contribution < 1.29 is 9.84 Å². The molecule has 4 unspecified atom stereocenters. The number of ether oxygens (including phenoxy) is 1. The fourth-order valence-corrected chi connectivity index (χ4v) is 3.33. The number of hydrogen-bond acceptors (Lipinski definition) is 4. The van der Waals surface area contributed by atoms with Crippen molar-refractivity contribution in [2.45, 2.75) is 38.1 Å². The highest BCUT2D eigenvalue weighted by atomic mass is 16.5. The van der Waals surface area contributed by atoms with E-state index in [0.717, 1.165) is 30.8 Å². The van der Waals surface area contributed by atoms with Gasteiger partial charge in [0.15, 0.2) is 0 Å². The third-order valence-corrected chi connectivity index (χ3v) is 4.48. The average Bonchev–Trinajstić information content (AvgIpc) is 2.46. The zero-order chi connectivity index (χ0) is 14.1. The molecule has 3 N–H and O–H groups in total. The van der Waals surface area contributed by atoms with Crippen molar-refractivity contribution in [3.8, 4) is 0 Å². The highest BCUT2D eigenvalue weighted by molar-refractivity contribution is 5.56. The van der Waals surface area contributed by atoms with Gasteiger partial charge in [0.25, 0.3) is 0 Å². The molecular formula is C16H24N2O2. The molecule has 4 atom stereocenters. The van der Waals surface area contributed by atoms with Gasteiger partial charge >= 0.3 is 0 Å². The Balaban J connectivity index is 1.88. The van der Waals surface area contributed by atoms with E-state index in [9.17, 15) is 5.11 Å². The molecule has 4 nitrogen and oxygen atoms in total. The van der Waals surface area contributed by atoms with Crippen molar-refractivity contribution in [2.75, 3.05) is 25.5 Å². The van der Waals surface area contributed by atoms with Crippen LogP contribution in [0.5, 0.6) is 0 Å². The molecule has 2 aliphatic heterocycles. The van der Waals surface area contributed by atoms with E-state index >= 15 is 0 Å². The minimum atomic E-state index is -0.433. The van der Waals surface area contributed by atoms with Crippen LogP contribution in [0.15, 0.2) is 18.2 Å². The maximum Gasteiger partial charge on any atom is 0.0894 e. The highest BCUT2D eigenvalue weighted by Gasteiger charge is 2.36. The molecule has 0 aliphatic carbocycles. The summed E-state index contributed by atoms with van der Waals surface area (Å²) in [5.41, 5.74) is 3.33. The number of aliphatic hydroxyl groups excluding tert-OH is 1. The molecule has 0 spiro atoms. The van der Waals surface area contributed by atoms with Gasteiger partial charge < -0.3 is 20.5 Å². The summed E-state index contributed by atoms with van der Waals surface area (Å²) >= 11 is 0. The fraction of sp³-hybridized carbons (Fsp3) is 0.625. The molecule has 0 amide bonds. The number of likely N-dealkylation sites (N-methyl/N-ethyl adjacent to an activating group) is 1. The predicted octanol–water partition coefficient (Wildman–Crippen LogP) is 2.22. The van der Waals surface area contributed by atoms with Crippen molar-refractivity contribution >= 4 is 5.69 Å². The van der Waals surface area contributed by atoms with E-state index in [1.54, 1.807) is 6.92 Å². The summed E-state index contributed by atoms with van der Waals surface area (Å²) < 4.78 is 6.31. The number of aliphatic hydroxyl groups is 1. The third kappa shape index (κ3) is 2.55. The Labute approximate surface area is 120 Å². The maximum absolute atomic E-state index is 9.79. The van der Waals surface area contributed by atoms with E-state index in [4.69, 9.17) is 4.74 Å². The lowest BCUT2D eigenvalue weighted by Crippen LogP contribution is -2.40. The Morgan fingerprint density at radius 3 is 3.05 bits per heavy atom. The summed E-state index contributed by atoms with van der Waals surface area (Å²) in [5.74, 6) is 0.542. The molecule has 2 heterocycles. The van der Waals surface area contributed by atoms with Crippen LogP contribution in [-0.2, 0) is 4.74 Å². The molecular weight excluding hydrogens is 252 g/mol. The van der Waals surface area contributed by atoms with Crippen LogP contribution in [0.2, 0.25) is 0 Å². The highest BCUT2D eigenvalue weighted by Crippen LogP contribution is 2.43. The van der Waals surface area contributed by atoms with Crippen LogP contribution in [0.4, 0.5) is 5.69 Å². The molecule has 1 fully saturated rings. The molecule has 110 valence electrons. The van der Waals surface area contributed by atoms with Crippen molar-refractivity contribution in [3.05, 3.63) is 29.3 Å². The molecule has 0 aromatic heterocycles. The normalized spacial score (nSPS) is 30.1. The zero-order valence-electron chi connectivity index (χ0n) is 12.2. The van der Waals surface area contributed by atoms with Crippen molar-refractivity contribution in [2.24, 2.45) is 5.92 Å². The number of nitrogens with one attached hydrogen (secondary N) is 2. The van der Waals surface area contributed by atoms with Crippen LogP contribution in [0.3, 0.4) is 0 Å². The minimum Gasteiger partial charge on any atom is -0.389 e. The Morgan fingerprint density at radius 2 is 2.30 bits per heavy atom. The van der Waals surface area contributed by atoms with E-state index in [2.05, 4.69) is 22.8 Å². The summed E-state index contributed by atoms with van der Waals surface area (Å²) in [6.45, 7) is 3.70. The second-order valence-corrected chi connectivity index (χ2v) is 5.98. The van der Waals surface area contributed by atoms with Crippen molar-refractivity contribution in [1.82, 2.24) is 5.32 Å². The molecule has 0 radical (unpaired) electrons. The fourth-order valence-electron chi connectivity index (χ4n) is 3.33. The molecule has 20 heavy (non-hydrogen) atoms. The monoisotopic (exact) mass is 276 g/mol. The predicted molar refractivity (Wildman–Crippen MR) is 79.8 cm³/mol. The molecule has 3 rings (SSSR count). The SMILES string of the molecule is CNCC1CCC2CNc3ccc(C(C)O)cc3C2O1. The van der Waals surface area contributed by atoms with E-state index in [1.165, 1.54) is 12.0 Å². The van der Waals surface area contributed by atoms with Gasteiger partial charge in [-0.25, -0.2) is 0 Å². The molecule has 2 aliphatic rings. The number of hydrogen-bond donors (Lipinski definition) is 3. The summed E-state index contributed by atoms with van der Waals surface area (Å²) in [6.07, 6.45) is 2.34. The maximum atomic E-state index is 9.79. The number of rotatable bonds is 3. The van der Waals surface area contributed by atoms with E-state index in [-0.39, 0.29) is 6.10 Å². The first kappa shape index (κ1) is 13.9. The summed E-state index contributed by atoms with van der Waals surface area (Å²) in [4.78, 5) is 0. The van der Waals surface area contributed by atoms with Crippen LogP contribution >= 0.6 is 0 Å². The van der Waals surface area contributed by atoms with Gasteiger partial charge in [0.1, 0.15) is 0 Å². The Kier molecular flexibility index (Phi) is 3.96. The molecule has 0 saturated carbocycles. The first-order valence-electron chi connectivity index (χ1n) is 7.55. The topological polar surface area (TPSA) is 53.5 Å². The average molecular weight is 276 g/mol. The van der Waals surface area contributed by atoms with Gasteiger partial charge in [-0.2, -0.15) is 0 Å². The second-order valence-electron chi connectivity index (χ2n) is 5.98. The van der Waals surface area contributed by atoms with E-state index in [1.807, 2.05) is 13.1 Å². The lowest BCUT2D eigenvalue weighted by molar-refractivity contribution is -0.0820. The molecule has 1 aromatic rings. The van der Waals surface area contributed by atoms with Crippen LogP contribution in [0, 0.1) is 5.92 Å². The summed E-state index contributed by atoms with van der Waals surface area (Å²) in [5, 5.41) is 16.5. The van der Waals surface area contributed by atoms with Crippen LogP contribution in [0.25, 0.3) is 0 Å². The largest absolute Gasteiger partial charge is 0.389 e. The summed E-state index contributed by atoms with van der Waals surface area (Å²) in [6, 6.07) is 6.16. The summed E-state index contributed by atoms with van der Waals surface area (Å²) in [7, 11) is 1.97. The van der Waals surface area contributed by atoms with Gasteiger partial charge in [0, 0.05) is 30.3 Å².